The Kier molecular flexibility index (Phi) is 2.65. The second-order valence-corrected chi connectivity index (χ2v) is 4.27. The van der Waals surface area contributed by atoms with Gasteiger partial charge in [-0.3, -0.25) is 9.89 Å². The third kappa shape index (κ3) is 1.67. The summed E-state index contributed by atoms with van der Waals surface area (Å²) in [5, 5.41) is 18.4. The van der Waals surface area contributed by atoms with Crippen LogP contribution < -0.4 is 5.32 Å². The van der Waals surface area contributed by atoms with E-state index in [2.05, 4.69) is 21.6 Å². The summed E-state index contributed by atoms with van der Waals surface area (Å²) in [7, 11) is 0. The Morgan fingerprint density at radius 2 is 2.50 bits per heavy atom. The van der Waals surface area contributed by atoms with Crippen molar-refractivity contribution in [3.63, 3.8) is 0 Å². The molecule has 0 saturated heterocycles. The molecule has 5 heteroatoms. The number of nitrogens with one attached hydrogen (secondary N) is 2. The maximum Gasteiger partial charge on any atom is 0.240 e. The van der Waals surface area contributed by atoms with Gasteiger partial charge in [0.2, 0.25) is 5.91 Å². The van der Waals surface area contributed by atoms with E-state index < -0.39 is 5.41 Å². The van der Waals surface area contributed by atoms with E-state index in [0.717, 1.165) is 12.0 Å². The van der Waals surface area contributed by atoms with E-state index >= 15 is 0 Å². The first-order chi connectivity index (χ1) is 7.68. The predicted octanol–water partition coefficient (Wildman–Crippen LogP) is 1.28. The average molecular weight is 218 g/mol. The Bertz CT molecular complexity index is 414. The molecule has 1 aliphatic carbocycles. The lowest BCUT2D eigenvalue weighted by Crippen LogP contribution is -2.45. The molecule has 1 aromatic rings. The van der Waals surface area contributed by atoms with Gasteiger partial charge in [0.05, 0.1) is 18.3 Å². The molecule has 1 fully saturated rings. The van der Waals surface area contributed by atoms with Crippen molar-refractivity contribution in [3.05, 3.63) is 18.0 Å². The summed E-state index contributed by atoms with van der Waals surface area (Å²) < 4.78 is 0. The molecule has 1 aromatic heterocycles. The maximum absolute atomic E-state index is 11.9. The number of H-pyrrole nitrogens is 1. The van der Waals surface area contributed by atoms with Crippen molar-refractivity contribution in [1.82, 2.24) is 15.5 Å². The first kappa shape index (κ1) is 10.7. The molecule has 1 aliphatic rings. The van der Waals surface area contributed by atoms with Gasteiger partial charge in [-0.2, -0.15) is 10.4 Å². The Balaban J connectivity index is 2.00. The van der Waals surface area contributed by atoms with Crippen molar-refractivity contribution in [1.29, 1.82) is 5.26 Å². The van der Waals surface area contributed by atoms with Crippen LogP contribution in [0.25, 0.3) is 0 Å². The summed E-state index contributed by atoms with van der Waals surface area (Å²) >= 11 is 0. The Labute approximate surface area is 93.8 Å². The normalized spacial score (nSPS) is 19.2. The molecule has 1 amide bonds. The maximum atomic E-state index is 11.9. The summed E-state index contributed by atoms with van der Waals surface area (Å²) in [4.78, 5) is 11.9. The zero-order valence-electron chi connectivity index (χ0n) is 9.16. The van der Waals surface area contributed by atoms with Gasteiger partial charge in [0.15, 0.2) is 0 Å². The molecule has 1 atom stereocenters. The molecule has 0 spiro atoms. The Morgan fingerprint density at radius 3 is 2.94 bits per heavy atom. The van der Waals surface area contributed by atoms with Crippen LogP contribution in [0.4, 0.5) is 0 Å². The molecule has 1 heterocycles. The van der Waals surface area contributed by atoms with Crippen molar-refractivity contribution in [3.8, 4) is 6.07 Å². The summed E-state index contributed by atoms with van der Waals surface area (Å²) in [5.74, 6) is -0.157. The van der Waals surface area contributed by atoms with Crippen LogP contribution in [0.15, 0.2) is 12.4 Å². The zero-order chi connectivity index (χ0) is 11.6. The van der Waals surface area contributed by atoms with E-state index in [4.69, 9.17) is 5.26 Å². The molecular formula is C11H14N4O. The third-order valence-electron chi connectivity index (χ3n) is 3.22. The minimum Gasteiger partial charge on any atom is -0.348 e. The minimum atomic E-state index is -0.780. The van der Waals surface area contributed by atoms with Crippen LogP contribution in [-0.4, -0.2) is 16.1 Å². The molecule has 0 bridgehead atoms. The highest BCUT2D eigenvalue weighted by Crippen LogP contribution is 2.40. The highest BCUT2D eigenvalue weighted by atomic mass is 16.2. The SMILES string of the molecule is CC(NC(=O)C1(C#N)CCC1)c1cn[nH]c1. The first-order valence-corrected chi connectivity index (χ1v) is 5.39. The summed E-state index contributed by atoms with van der Waals surface area (Å²) in [6.45, 7) is 1.88. The number of hydrogen-bond donors (Lipinski definition) is 2. The van der Waals surface area contributed by atoms with Gasteiger partial charge in [-0.15, -0.1) is 0 Å². The summed E-state index contributed by atoms with van der Waals surface area (Å²) in [6.07, 6.45) is 5.72. The largest absolute Gasteiger partial charge is 0.348 e. The van der Waals surface area contributed by atoms with E-state index in [1.165, 1.54) is 0 Å². The number of nitriles is 1. The highest BCUT2D eigenvalue weighted by Gasteiger charge is 2.44. The van der Waals surface area contributed by atoms with Gasteiger partial charge in [0.25, 0.3) is 0 Å². The molecule has 2 N–H and O–H groups in total. The van der Waals surface area contributed by atoms with Crippen LogP contribution in [0, 0.1) is 16.7 Å². The van der Waals surface area contributed by atoms with Gasteiger partial charge in [-0.1, -0.05) is 0 Å². The first-order valence-electron chi connectivity index (χ1n) is 5.39. The Morgan fingerprint density at radius 1 is 1.75 bits per heavy atom. The standard InChI is InChI=1S/C11H14N4O/c1-8(9-5-13-14-6-9)15-10(16)11(7-12)3-2-4-11/h5-6,8H,2-4H2,1H3,(H,13,14)(H,15,16). The zero-order valence-corrected chi connectivity index (χ0v) is 9.16. The fraction of sp³-hybridized carbons (Fsp3) is 0.545. The molecule has 0 aliphatic heterocycles. The number of rotatable bonds is 3. The van der Waals surface area contributed by atoms with Crippen molar-refractivity contribution >= 4 is 5.91 Å². The molecule has 1 unspecified atom stereocenters. The lowest BCUT2D eigenvalue weighted by Gasteiger charge is -2.34. The number of carbonyl (C=O) groups excluding carboxylic acids is 1. The van der Waals surface area contributed by atoms with E-state index in [9.17, 15) is 4.79 Å². The van der Waals surface area contributed by atoms with Gasteiger partial charge in [0.1, 0.15) is 5.41 Å². The smallest absolute Gasteiger partial charge is 0.240 e. The van der Waals surface area contributed by atoms with Crippen LogP contribution >= 0.6 is 0 Å². The van der Waals surface area contributed by atoms with E-state index in [-0.39, 0.29) is 11.9 Å². The third-order valence-corrected chi connectivity index (χ3v) is 3.22. The monoisotopic (exact) mass is 218 g/mol. The molecular weight excluding hydrogens is 204 g/mol. The van der Waals surface area contributed by atoms with Gasteiger partial charge >= 0.3 is 0 Å². The van der Waals surface area contributed by atoms with Crippen LogP contribution in [0.3, 0.4) is 0 Å². The van der Waals surface area contributed by atoms with Crippen molar-refractivity contribution in [2.75, 3.05) is 0 Å². The van der Waals surface area contributed by atoms with Crippen molar-refractivity contribution in [2.24, 2.45) is 5.41 Å². The van der Waals surface area contributed by atoms with Crippen LogP contribution in [0.2, 0.25) is 0 Å². The second kappa shape index (κ2) is 3.97. The molecule has 84 valence electrons. The summed E-state index contributed by atoms with van der Waals surface area (Å²) in [6, 6.07) is 2.02. The molecule has 1 saturated carbocycles. The van der Waals surface area contributed by atoms with Crippen molar-refractivity contribution in [2.45, 2.75) is 32.2 Å². The number of aromatic amines is 1. The van der Waals surface area contributed by atoms with Gasteiger partial charge in [-0.25, -0.2) is 0 Å². The predicted molar refractivity (Wildman–Crippen MR) is 57.0 cm³/mol. The number of nitrogens with zero attached hydrogens (tertiary/aromatic N) is 2. The van der Waals surface area contributed by atoms with Crippen LogP contribution in [0.5, 0.6) is 0 Å². The quantitative estimate of drug-likeness (QED) is 0.801. The molecule has 16 heavy (non-hydrogen) atoms. The lowest BCUT2D eigenvalue weighted by molar-refractivity contribution is -0.132. The van der Waals surface area contributed by atoms with Crippen molar-refractivity contribution < 1.29 is 4.79 Å². The Hall–Kier alpha value is -1.83. The van der Waals surface area contributed by atoms with Gasteiger partial charge in [-0.05, 0) is 26.2 Å². The van der Waals surface area contributed by atoms with E-state index in [1.807, 2.05) is 6.92 Å². The average Bonchev–Trinajstić information content (AvgIpc) is 2.69. The highest BCUT2D eigenvalue weighted by molar-refractivity contribution is 5.86. The summed E-state index contributed by atoms with van der Waals surface area (Å²) in [5.41, 5.74) is 0.138. The molecule has 0 aromatic carbocycles. The fourth-order valence-corrected chi connectivity index (χ4v) is 1.84. The van der Waals surface area contributed by atoms with Crippen LogP contribution in [0.1, 0.15) is 37.8 Å². The van der Waals surface area contributed by atoms with Crippen LogP contribution in [-0.2, 0) is 4.79 Å². The molecule has 5 nitrogen and oxygen atoms in total. The number of carbonyl (C=O) groups is 1. The van der Waals surface area contributed by atoms with E-state index in [1.54, 1.807) is 12.4 Å². The van der Waals surface area contributed by atoms with E-state index in [0.29, 0.717) is 12.8 Å². The topological polar surface area (TPSA) is 81.6 Å². The van der Waals surface area contributed by atoms with Gasteiger partial charge in [0, 0.05) is 11.8 Å². The molecule has 2 rings (SSSR count). The second-order valence-electron chi connectivity index (χ2n) is 4.27. The number of hydrogen-bond acceptors (Lipinski definition) is 3. The number of aromatic nitrogens is 2. The molecule has 0 radical (unpaired) electrons. The number of amides is 1. The fourth-order valence-electron chi connectivity index (χ4n) is 1.84. The van der Waals surface area contributed by atoms with Gasteiger partial charge < -0.3 is 5.32 Å². The lowest BCUT2D eigenvalue weighted by atomic mass is 9.69. The minimum absolute atomic E-state index is 0.114.